The molecule has 1 saturated heterocycles. The zero-order chi connectivity index (χ0) is 21.1. The molecule has 156 valence electrons. The first-order valence-electron chi connectivity index (χ1n) is 9.96. The van der Waals surface area contributed by atoms with Crippen LogP contribution < -0.4 is 5.32 Å². The zero-order valence-electron chi connectivity index (χ0n) is 16.4. The normalized spacial score (nSPS) is 15.4. The number of amides is 1. The van der Waals surface area contributed by atoms with E-state index in [1.54, 1.807) is 36.4 Å². The Morgan fingerprint density at radius 3 is 2.70 bits per heavy atom. The molecule has 3 N–H and O–H groups in total. The molecule has 0 atom stereocenters. The van der Waals surface area contributed by atoms with E-state index in [9.17, 15) is 14.0 Å². The second kappa shape index (κ2) is 8.62. The van der Waals surface area contributed by atoms with Crippen molar-refractivity contribution in [3.63, 3.8) is 0 Å². The summed E-state index contributed by atoms with van der Waals surface area (Å²) in [6, 6.07) is 11.9. The van der Waals surface area contributed by atoms with Crippen LogP contribution >= 0.6 is 0 Å². The van der Waals surface area contributed by atoms with E-state index in [2.05, 4.69) is 15.5 Å². The van der Waals surface area contributed by atoms with Gasteiger partial charge in [-0.05, 0) is 55.6 Å². The Morgan fingerprint density at radius 2 is 1.97 bits per heavy atom. The molecule has 2 aromatic carbocycles. The van der Waals surface area contributed by atoms with Crippen LogP contribution in [0.25, 0.3) is 22.0 Å². The van der Waals surface area contributed by atoms with Gasteiger partial charge in [0.2, 0.25) is 0 Å². The predicted octanol–water partition coefficient (Wildman–Crippen LogP) is 2.90. The van der Waals surface area contributed by atoms with Gasteiger partial charge in [-0.15, -0.1) is 0 Å². The van der Waals surface area contributed by atoms with Gasteiger partial charge in [-0.3, -0.25) is 19.6 Å². The number of carbonyl (C=O) groups excluding carboxylic acids is 1. The highest BCUT2D eigenvalue weighted by molar-refractivity contribution is 6.05. The molecule has 0 aliphatic carbocycles. The molecule has 7 nitrogen and oxygen atoms in total. The maximum atomic E-state index is 14.1. The van der Waals surface area contributed by atoms with Crippen molar-refractivity contribution in [2.75, 3.05) is 26.2 Å². The number of carboxylic acids is 1. The third kappa shape index (κ3) is 4.33. The number of piperidine rings is 1. The molecule has 0 saturated carbocycles. The standard InChI is InChI=1S/C22H23FN4O3/c23-18-4-2-1-3-16(18)15-5-6-19-17(11-15)21(26-25-19)22(30)24-12-14-7-9-27(10-8-14)13-20(28)29/h1-6,11,14H,7-10,12-13H2,(H,24,30)(H,25,26)(H,28,29). The quantitative estimate of drug-likeness (QED) is 0.580. The lowest BCUT2D eigenvalue weighted by Crippen LogP contribution is -2.40. The number of hydrogen-bond acceptors (Lipinski definition) is 4. The van der Waals surface area contributed by atoms with E-state index in [4.69, 9.17) is 5.11 Å². The number of aliphatic carboxylic acids is 1. The summed E-state index contributed by atoms with van der Waals surface area (Å²) in [5.41, 5.74) is 2.15. The molecule has 1 aromatic heterocycles. The Kier molecular flexibility index (Phi) is 5.76. The van der Waals surface area contributed by atoms with Gasteiger partial charge in [-0.25, -0.2) is 4.39 Å². The van der Waals surface area contributed by atoms with Crippen molar-refractivity contribution in [3.05, 3.63) is 54.0 Å². The van der Waals surface area contributed by atoms with Crippen molar-refractivity contribution in [2.45, 2.75) is 12.8 Å². The minimum absolute atomic E-state index is 0.0582. The molecule has 1 aliphatic heterocycles. The Bertz CT molecular complexity index is 1070. The summed E-state index contributed by atoms with van der Waals surface area (Å²) in [5, 5.41) is 19.5. The monoisotopic (exact) mass is 410 g/mol. The number of H-pyrrole nitrogens is 1. The first kappa shape index (κ1) is 20.0. The summed E-state index contributed by atoms with van der Waals surface area (Å²) in [7, 11) is 0. The number of nitrogens with one attached hydrogen (secondary N) is 2. The molecule has 0 spiro atoms. The van der Waals surface area contributed by atoms with Gasteiger partial charge >= 0.3 is 5.97 Å². The number of hydrogen-bond donors (Lipinski definition) is 3. The van der Waals surface area contributed by atoms with Crippen LogP contribution in [-0.2, 0) is 4.79 Å². The summed E-state index contributed by atoms with van der Waals surface area (Å²) in [5.74, 6) is -1.11. The smallest absolute Gasteiger partial charge is 0.317 e. The number of fused-ring (bicyclic) bond motifs is 1. The average molecular weight is 410 g/mol. The van der Waals surface area contributed by atoms with Crippen molar-refractivity contribution in [2.24, 2.45) is 5.92 Å². The predicted molar refractivity (Wildman–Crippen MR) is 111 cm³/mol. The number of aromatic amines is 1. The van der Waals surface area contributed by atoms with Gasteiger partial charge in [0.1, 0.15) is 5.82 Å². The number of carbonyl (C=O) groups is 2. The second-order valence-corrected chi connectivity index (χ2v) is 7.64. The Hall–Kier alpha value is -3.26. The Morgan fingerprint density at radius 1 is 1.20 bits per heavy atom. The fourth-order valence-corrected chi connectivity index (χ4v) is 3.91. The van der Waals surface area contributed by atoms with Crippen LogP contribution in [-0.4, -0.2) is 58.3 Å². The van der Waals surface area contributed by atoms with Crippen molar-refractivity contribution in [1.82, 2.24) is 20.4 Å². The van der Waals surface area contributed by atoms with E-state index in [-0.39, 0.29) is 24.0 Å². The lowest BCUT2D eigenvalue weighted by molar-refractivity contribution is -0.138. The molecule has 8 heteroatoms. The SMILES string of the molecule is O=C(O)CN1CCC(CNC(=O)c2n[nH]c3ccc(-c4ccccc4F)cc23)CC1. The Labute approximate surface area is 172 Å². The fraction of sp³-hybridized carbons (Fsp3) is 0.318. The van der Waals surface area contributed by atoms with Crippen LogP contribution in [0, 0.1) is 11.7 Å². The largest absolute Gasteiger partial charge is 0.480 e. The highest BCUT2D eigenvalue weighted by atomic mass is 19.1. The molecule has 3 aromatic rings. The number of rotatable bonds is 6. The van der Waals surface area contributed by atoms with E-state index in [1.165, 1.54) is 6.07 Å². The summed E-state index contributed by atoms with van der Waals surface area (Å²) >= 11 is 0. The molecule has 0 bridgehead atoms. The molecular formula is C22H23FN4O3. The van der Waals surface area contributed by atoms with E-state index in [1.807, 2.05) is 4.90 Å². The van der Waals surface area contributed by atoms with Crippen LogP contribution in [0.3, 0.4) is 0 Å². The number of benzene rings is 2. The topological polar surface area (TPSA) is 98.3 Å². The van der Waals surface area contributed by atoms with E-state index in [0.717, 1.165) is 12.8 Å². The molecular weight excluding hydrogens is 387 g/mol. The van der Waals surface area contributed by atoms with Crippen molar-refractivity contribution in [1.29, 1.82) is 0 Å². The molecule has 1 aliphatic rings. The average Bonchev–Trinajstić information content (AvgIpc) is 3.16. The van der Waals surface area contributed by atoms with Crippen LogP contribution in [0.15, 0.2) is 42.5 Å². The maximum absolute atomic E-state index is 14.1. The lowest BCUT2D eigenvalue weighted by Gasteiger charge is -2.30. The summed E-state index contributed by atoms with van der Waals surface area (Å²) in [4.78, 5) is 25.4. The molecule has 1 amide bonds. The van der Waals surface area contributed by atoms with E-state index >= 15 is 0 Å². The van der Waals surface area contributed by atoms with Crippen LogP contribution in [0.1, 0.15) is 23.3 Å². The fourth-order valence-electron chi connectivity index (χ4n) is 3.91. The summed E-state index contributed by atoms with van der Waals surface area (Å²) in [6.07, 6.45) is 1.68. The number of likely N-dealkylation sites (tertiary alicyclic amines) is 1. The third-order valence-corrected chi connectivity index (χ3v) is 5.58. The van der Waals surface area contributed by atoms with Gasteiger partial charge in [0.15, 0.2) is 5.69 Å². The van der Waals surface area contributed by atoms with Crippen LogP contribution in [0.4, 0.5) is 4.39 Å². The van der Waals surface area contributed by atoms with Crippen molar-refractivity contribution < 1.29 is 19.1 Å². The van der Waals surface area contributed by atoms with Gasteiger partial charge in [-0.2, -0.15) is 5.10 Å². The van der Waals surface area contributed by atoms with Gasteiger partial charge in [-0.1, -0.05) is 24.3 Å². The maximum Gasteiger partial charge on any atom is 0.317 e. The number of carboxylic acid groups (broad SMARTS) is 1. The van der Waals surface area contributed by atoms with Gasteiger partial charge in [0.25, 0.3) is 5.91 Å². The molecule has 4 rings (SSSR count). The highest BCUT2D eigenvalue weighted by Gasteiger charge is 2.22. The van der Waals surface area contributed by atoms with E-state index < -0.39 is 5.97 Å². The second-order valence-electron chi connectivity index (χ2n) is 7.64. The van der Waals surface area contributed by atoms with Crippen LogP contribution in [0.5, 0.6) is 0 Å². The molecule has 0 unspecified atom stereocenters. The minimum atomic E-state index is -0.818. The first-order valence-corrected chi connectivity index (χ1v) is 9.96. The van der Waals surface area contributed by atoms with Gasteiger partial charge in [0.05, 0.1) is 12.1 Å². The summed E-state index contributed by atoms with van der Waals surface area (Å²) in [6.45, 7) is 2.00. The molecule has 30 heavy (non-hydrogen) atoms. The number of nitrogens with zero attached hydrogens (tertiary/aromatic N) is 2. The summed E-state index contributed by atoms with van der Waals surface area (Å²) < 4.78 is 14.1. The number of aromatic nitrogens is 2. The van der Waals surface area contributed by atoms with Gasteiger partial charge in [0, 0.05) is 17.5 Å². The minimum Gasteiger partial charge on any atom is -0.480 e. The first-order chi connectivity index (χ1) is 14.5. The van der Waals surface area contributed by atoms with Crippen molar-refractivity contribution in [3.8, 4) is 11.1 Å². The van der Waals surface area contributed by atoms with E-state index in [0.29, 0.717) is 47.6 Å². The van der Waals surface area contributed by atoms with Gasteiger partial charge < -0.3 is 10.4 Å². The molecule has 1 fully saturated rings. The lowest BCUT2D eigenvalue weighted by atomic mass is 9.96. The zero-order valence-corrected chi connectivity index (χ0v) is 16.4. The van der Waals surface area contributed by atoms with Crippen molar-refractivity contribution >= 4 is 22.8 Å². The number of halogens is 1. The highest BCUT2D eigenvalue weighted by Crippen LogP contribution is 2.27. The van der Waals surface area contributed by atoms with Crippen LogP contribution in [0.2, 0.25) is 0 Å². The molecule has 2 heterocycles. The third-order valence-electron chi connectivity index (χ3n) is 5.58. The Balaban J connectivity index is 1.43. The molecule has 0 radical (unpaired) electrons.